The Labute approximate surface area is 130 Å². The largest absolute Gasteiger partial charge is 0.370 e. The Morgan fingerprint density at radius 2 is 2.19 bits per heavy atom. The molecular weight excluding hydrogens is 286 g/mol. The molecule has 1 saturated heterocycles. The predicted octanol–water partition coefficient (Wildman–Crippen LogP) is 2.68. The van der Waals surface area contributed by atoms with Gasteiger partial charge in [0, 0.05) is 24.7 Å². The molecule has 3 rings (SSSR count). The van der Waals surface area contributed by atoms with E-state index >= 15 is 0 Å². The van der Waals surface area contributed by atoms with E-state index in [9.17, 15) is 0 Å². The van der Waals surface area contributed by atoms with Gasteiger partial charge in [0.15, 0.2) is 0 Å². The number of methoxy groups -OCH3 is 1. The Balaban J connectivity index is 1.75. The minimum absolute atomic E-state index is 0.306. The lowest BCUT2D eigenvalue weighted by atomic mass is 10.0. The number of nitrogens with zero attached hydrogens (tertiary/aromatic N) is 2. The quantitative estimate of drug-likeness (QED) is 0.871. The molecule has 2 heterocycles. The van der Waals surface area contributed by atoms with Gasteiger partial charge in [0.05, 0.1) is 5.92 Å². The Morgan fingerprint density at radius 1 is 1.38 bits per heavy atom. The first-order valence-electron chi connectivity index (χ1n) is 7.99. The van der Waals surface area contributed by atoms with Crippen molar-refractivity contribution in [3.63, 3.8) is 0 Å². The fourth-order valence-electron chi connectivity index (χ4n) is 3.36. The summed E-state index contributed by atoms with van der Waals surface area (Å²) >= 11 is 1.96. The topological polar surface area (TPSA) is 60.2 Å². The summed E-state index contributed by atoms with van der Waals surface area (Å²) in [5, 5.41) is 7.85. The van der Waals surface area contributed by atoms with Crippen LogP contribution >= 0.6 is 11.8 Å². The molecule has 2 aliphatic rings. The van der Waals surface area contributed by atoms with E-state index in [1.807, 2.05) is 11.8 Å². The van der Waals surface area contributed by atoms with Crippen molar-refractivity contribution in [3.8, 4) is 0 Å². The normalized spacial score (nSPS) is 28.3. The standard InChI is InChI=1S/C15H25N3O2S/c1-3-8-16-12-10-21-9-11(12)13-17-14(18-20-13)15(19-2)6-4-5-7-15/h11-12,16H,3-10H2,1-2H3. The summed E-state index contributed by atoms with van der Waals surface area (Å²) in [6, 6.07) is 0.449. The van der Waals surface area contributed by atoms with Gasteiger partial charge in [0.25, 0.3) is 0 Å². The molecule has 2 unspecified atom stereocenters. The maximum Gasteiger partial charge on any atom is 0.232 e. The highest BCUT2D eigenvalue weighted by Gasteiger charge is 2.41. The zero-order valence-electron chi connectivity index (χ0n) is 12.9. The summed E-state index contributed by atoms with van der Waals surface area (Å²) in [7, 11) is 1.76. The van der Waals surface area contributed by atoms with Gasteiger partial charge in [-0.3, -0.25) is 0 Å². The molecule has 1 aromatic heterocycles. The second-order valence-corrected chi connectivity index (χ2v) is 7.14. The van der Waals surface area contributed by atoms with Crippen LogP contribution in [-0.2, 0) is 10.3 Å². The average molecular weight is 311 g/mol. The molecule has 1 N–H and O–H groups in total. The van der Waals surface area contributed by atoms with Crippen LogP contribution in [0.2, 0.25) is 0 Å². The van der Waals surface area contributed by atoms with E-state index in [1.165, 1.54) is 12.8 Å². The maximum absolute atomic E-state index is 5.75. The monoisotopic (exact) mass is 311 g/mol. The number of nitrogens with one attached hydrogen (secondary N) is 1. The Bertz CT molecular complexity index is 460. The van der Waals surface area contributed by atoms with Gasteiger partial charge >= 0.3 is 0 Å². The minimum atomic E-state index is -0.306. The number of hydrogen-bond acceptors (Lipinski definition) is 6. The fraction of sp³-hybridized carbons (Fsp3) is 0.867. The number of aromatic nitrogens is 2. The Kier molecular flexibility index (Phi) is 4.86. The highest BCUT2D eigenvalue weighted by Crippen LogP contribution is 2.41. The van der Waals surface area contributed by atoms with E-state index in [-0.39, 0.29) is 5.60 Å². The van der Waals surface area contributed by atoms with Crippen LogP contribution in [0.25, 0.3) is 0 Å². The molecule has 21 heavy (non-hydrogen) atoms. The third kappa shape index (κ3) is 2.98. The lowest BCUT2D eigenvalue weighted by molar-refractivity contribution is -0.0178. The van der Waals surface area contributed by atoms with Gasteiger partial charge < -0.3 is 14.6 Å². The van der Waals surface area contributed by atoms with Gasteiger partial charge in [-0.2, -0.15) is 16.7 Å². The fourth-order valence-corrected chi connectivity index (χ4v) is 4.73. The summed E-state index contributed by atoms with van der Waals surface area (Å²) in [6.07, 6.45) is 5.50. The number of hydrogen-bond donors (Lipinski definition) is 1. The van der Waals surface area contributed by atoms with E-state index < -0.39 is 0 Å². The van der Waals surface area contributed by atoms with Crippen molar-refractivity contribution in [2.24, 2.45) is 0 Å². The number of ether oxygens (including phenoxy) is 1. The molecule has 0 radical (unpaired) electrons. The summed E-state index contributed by atoms with van der Waals surface area (Å²) < 4.78 is 11.4. The third-order valence-corrected chi connectivity index (χ3v) is 5.90. The second-order valence-electron chi connectivity index (χ2n) is 6.07. The van der Waals surface area contributed by atoms with Crippen molar-refractivity contribution in [1.82, 2.24) is 15.5 Å². The molecule has 0 bridgehead atoms. The summed E-state index contributed by atoms with van der Waals surface area (Å²) in [6.45, 7) is 3.24. The van der Waals surface area contributed by atoms with Crippen molar-refractivity contribution in [2.75, 3.05) is 25.2 Å². The molecule has 5 nitrogen and oxygen atoms in total. The first kappa shape index (κ1) is 15.3. The zero-order valence-corrected chi connectivity index (χ0v) is 13.7. The lowest BCUT2D eigenvalue weighted by Gasteiger charge is -2.22. The van der Waals surface area contributed by atoms with E-state index in [0.717, 1.165) is 49.0 Å². The van der Waals surface area contributed by atoms with Gasteiger partial charge in [-0.15, -0.1) is 0 Å². The van der Waals surface area contributed by atoms with E-state index in [1.54, 1.807) is 7.11 Å². The summed E-state index contributed by atoms with van der Waals surface area (Å²) in [4.78, 5) is 4.72. The molecule has 1 aliphatic carbocycles. The first-order valence-corrected chi connectivity index (χ1v) is 9.15. The maximum atomic E-state index is 5.75. The lowest BCUT2D eigenvalue weighted by Crippen LogP contribution is -2.35. The Hall–Kier alpha value is -0.590. The smallest absolute Gasteiger partial charge is 0.232 e. The van der Waals surface area contributed by atoms with E-state index in [0.29, 0.717) is 12.0 Å². The Morgan fingerprint density at radius 3 is 2.90 bits per heavy atom. The summed E-state index contributed by atoms with van der Waals surface area (Å²) in [5.74, 6) is 4.05. The van der Waals surface area contributed by atoms with Crippen LogP contribution in [-0.4, -0.2) is 41.3 Å². The molecule has 1 aliphatic heterocycles. The second kappa shape index (κ2) is 6.67. The minimum Gasteiger partial charge on any atom is -0.370 e. The van der Waals surface area contributed by atoms with E-state index in [2.05, 4.69) is 17.4 Å². The van der Waals surface area contributed by atoms with Crippen LogP contribution in [0.15, 0.2) is 4.52 Å². The molecule has 0 amide bonds. The van der Waals surface area contributed by atoms with Crippen molar-refractivity contribution < 1.29 is 9.26 Å². The van der Waals surface area contributed by atoms with Gasteiger partial charge in [-0.1, -0.05) is 12.1 Å². The number of thioether (sulfide) groups is 1. The van der Waals surface area contributed by atoms with Crippen molar-refractivity contribution in [1.29, 1.82) is 0 Å². The number of rotatable bonds is 6. The molecule has 2 atom stereocenters. The van der Waals surface area contributed by atoms with Gasteiger partial charge in [-0.05, 0) is 38.6 Å². The van der Waals surface area contributed by atoms with Crippen LogP contribution in [0, 0.1) is 0 Å². The van der Waals surface area contributed by atoms with Gasteiger partial charge in [0.1, 0.15) is 5.60 Å². The first-order chi connectivity index (χ1) is 10.3. The van der Waals surface area contributed by atoms with Crippen molar-refractivity contribution >= 4 is 11.8 Å². The van der Waals surface area contributed by atoms with Crippen LogP contribution < -0.4 is 5.32 Å². The molecule has 2 fully saturated rings. The predicted molar refractivity (Wildman–Crippen MR) is 83.6 cm³/mol. The van der Waals surface area contributed by atoms with Gasteiger partial charge in [-0.25, -0.2) is 0 Å². The van der Waals surface area contributed by atoms with Crippen LogP contribution in [0.3, 0.4) is 0 Å². The molecule has 1 saturated carbocycles. The average Bonchev–Trinajstić information content (AvgIpc) is 3.23. The zero-order chi connectivity index (χ0) is 14.7. The molecule has 0 aromatic carbocycles. The molecule has 0 spiro atoms. The molecular formula is C15H25N3O2S. The van der Waals surface area contributed by atoms with Crippen molar-refractivity contribution in [2.45, 2.75) is 56.6 Å². The van der Waals surface area contributed by atoms with Crippen LogP contribution in [0.4, 0.5) is 0 Å². The molecule has 6 heteroatoms. The highest BCUT2D eigenvalue weighted by molar-refractivity contribution is 7.99. The molecule has 1 aromatic rings. The van der Waals surface area contributed by atoms with Gasteiger partial charge in [0.2, 0.25) is 11.7 Å². The van der Waals surface area contributed by atoms with E-state index in [4.69, 9.17) is 14.2 Å². The SMILES string of the molecule is CCCNC1CSCC1c1nc(C2(OC)CCCC2)no1. The van der Waals surface area contributed by atoms with Crippen molar-refractivity contribution in [3.05, 3.63) is 11.7 Å². The third-order valence-electron chi connectivity index (χ3n) is 4.71. The summed E-state index contributed by atoms with van der Waals surface area (Å²) in [5.41, 5.74) is -0.306. The molecule has 118 valence electrons. The van der Waals surface area contributed by atoms with Crippen LogP contribution in [0.5, 0.6) is 0 Å². The highest BCUT2D eigenvalue weighted by atomic mass is 32.2. The van der Waals surface area contributed by atoms with Crippen LogP contribution in [0.1, 0.15) is 56.7 Å².